The number of likely N-dealkylation sites (tertiary alicyclic amines) is 1. The van der Waals surface area contributed by atoms with Crippen molar-refractivity contribution in [3.05, 3.63) is 95.6 Å². The van der Waals surface area contributed by atoms with Crippen LogP contribution in [-0.2, 0) is 15.4 Å². The number of carbonyl (C=O) groups excluding carboxylic acids is 1. The number of nitrogens with zero attached hydrogens (tertiary/aromatic N) is 4. The van der Waals surface area contributed by atoms with Crippen molar-refractivity contribution in [1.82, 2.24) is 19.4 Å². The van der Waals surface area contributed by atoms with Crippen LogP contribution in [0.4, 0.5) is 4.39 Å². The van der Waals surface area contributed by atoms with Crippen molar-refractivity contribution >= 4 is 27.0 Å². The number of rotatable bonds is 7. The van der Waals surface area contributed by atoms with Crippen LogP contribution in [0.25, 0.3) is 11.0 Å². The minimum atomic E-state index is -4.28. The average Bonchev–Trinajstić information content (AvgIpc) is 3.50. The fourth-order valence-electron chi connectivity index (χ4n) is 8.44. The molecule has 3 aliphatic heterocycles. The Morgan fingerprint density at radius 2 is 1.62 bits per heavy atom. The molecule has 7 rings (SSSR count). The third kappa shape index (κ3) is 5.57. The number of carbonyl (C=O) groups is 1. The van der Waals surface area contributed by atoms with Gasteiger partial charge in [0.05, 0.1) is 11.0 Å². The lowest BCUT2D eigenvalue weighted by molar-refractivity contribution is 0.0606. The normalized spacial score (nSPS) is 23.4. The van der Waals surface area contributed by atoms with Gasteiger partial charge >= 0.3 is 0 Å². The molecule has 45 heavy (non-hydrogen) atoms. The Morgan fingerprint density at radius 3 is 2.31 bits per heavy atom. The van der Waals surface area contributed by atoms with E-state index in [4.69, 9.17) is 10.1 Å². The minimum absolute atomic E-state index is 0.0694. The van der Waals surface area contributed by atoms with E-state index in [-0.39, 0.29) is 16.9 Å². The number of hydrogen-bond acceptors (Lipinski definition) is 5. The molecule has 1 aromatic heterocycles. The van der Waals surface area contributed by atoms with Gasteiger partial charge in [0.1, 0.15) is 16.5 Å². The van der Waals surface area contributed by atoms with Crippen LogP contribution in [0, 0.1) is 12.7 Å². The largest absolute Gasteiger partial charge is 0.339 e. The topological polar surface area (TPSA) is 102 Å². The van der Waals surface area contributed by atoms with Crippen molar-refractivity contribution < 1.29 is 17.6 Å². The molecule has 3 atom stereocenters. The number of hydrogen-bond donors (Lipinski definition) is 1. The molecule has 0 saturated carbocycles. The standard InChI is InChI=1S/C35H40FN5O3S/c1-24-38-31-9-5-6-10-32(31)41(24)29-22-27-12-13-28(23-29)40(27)20-17-35(26-7-3-2-4-8-26)15-18-39(19-16-35)34(42)25-11-14-30(36)33(21-25)45(37,43)44/h2-11,14,21,27-29H,12-13,15-20,22-23H2,1H3,(H2,37,43,44)/t27-,28+,29?. The van der Waals surface area contributed by atoms with Crippen LogP contribution in [0.1, 0.15) is 72.7 Å². The number of sulfonamides is 1. The van der Waals surface area contributed by atoms with E-state index in [2.05, 4.69) is 64.9 Å². The van der Waals surface area contributed by atoms with Crippen molar-refractivity contribution in [2.24, 2.45) is 5.14 Å². The molecule has 3 aliphatic rings. The predicted molar refractivity (Wildman–Crippen MR) is 172 cm³/mol. The van der Waals surface area contributed by atoms with Crippen LogP contribution in [0.15, 0.2) is 77.7 Å². The maximum absolute atomic E-state index is 14.1. The van der Waals surface area contributed by atoms with Gasteiger partial charge in [0, 0.05) is 36.8 Å². The molecule has 0 aliphatic carbocycles. The summed E-state index contributed by atoms with van der Waals surface area (Å²) in [6.45, 7) is 4.23. The van der Waals surface area contributed by atoms with Gasteiger partial charge < -0.3 is 9.47 Å². The van der Waals surface area contributed by atoms with Crippen LogP contribution >= 0.6 is 0 Å². The predicted octanol–water partition coefficient (Wildman–Crippen LogP) is 5.56. The van der Waals surface area contributed by atoms with Crippen LogP contribution in [0.2, 0.25) is 0 Å². The second kappa shape index (κ2) is 11.6. The Balaban J connectivity index is 1.06. The van der Waals surface area contributed by atoms with E-state index in [1.807, 2.05) is 6.07 Å². The van der Waals surface area contributed by atoms with Crippen molar-refractivity contribution in [1.29, 1.82) is 0 Å². The fraction of sp³-hybridized carbons (Fsp3) is 0.429. The fourth-order valence-corrected chi connectivity index (χ4v) is 9.07. The zero-order chi connectivity index (χ0) is 31.3. The molecule has 2 bridgehead atoms. The molecule has 236 valence electrons. The molecule has 4 aromatic rings. The summed E-state index contributed by atoms with van der Waals surface area (Å²) in [4.78, 5) is 22.1. The number of piperidine rings is 2. The van der Waals surface area contributed by atoms with E-state index in [9.17, 15) is 17.6 Å². The van der Waals surface area contributed by atoms with Gasteiger partial charge in [0.2, 0.25) is 10.0 Å². The van der Waals surface area contributed by atoms with Gasteiger partial charge in [-0.05, 0) is 99.7 Å². The number of amides is 1. The second-order valence-corrected chi connectivity index (χ2v) is 14.7. The molecule has 2 N–H and O–H groups in total. The molecule has 0 radical (unpaired) electrons. The third-order valence-electron chi connectivity index (χ3n) is 10.7. The number of nitrogens with two attached hydrogens (primary N) is 1. The Kier molecular flexibility index (Phi) is 7.78. The molecule has 10 heteroatoms. The molecule has 0 spiro atoms. The molecule has 3 saturated heterocycles. The number of aryl methyl sites for hydroxylation is 1. The number of primary sulfonamides is 1. The van der Waals surface area contributed by atoms with E-state index in [1.165, 1.54) is 30.0 Å². The highest BCUT2D eigenvalue weighted by Gasteiger charge is 2.44. The van der Waals surface area contributed by atoms with E-state index in [0.29, 0.717) is 31.2 Å². The number of benzene rings is 3. The zero-order valence-electron chi connectivity index (χ0n) is 25.6. The first kappa shape index (κ1) is 30.1. The van der Waals surface area contributed by atoms with Crippen LogP contribution in [0.3, 0.4) is 0 Å². The van der Waals surface area contributed by atoms with Gasteiger partial charge in [0.25, 0.3) is 5.91 Å². The van der Waals surface area contributed by atoms with Crippen molar-refractivity contribution in [3.63, 3.8) is 0 Å². The highest BCUT2D eigenvalue weighted by Crippen LogP contribution is 2.45. The lowest BCUT2D eigenvalue weighted by Gasteiger charge is -2.45. The summed E-state index contributed by atoms with van der Waals surface area (Å²) in [7, 11) is -4.28. The van der Waals surface area contributed by atoms with Crippen LogP contribution in [0.5, 0.6) is 0 Å². The quantitative estimate of drug-likeness (QED) is 0.288. The van der Waals surface area contributed by atoms with Gasteiger partial charge in [-0.3, -0.25) is 9.69 Å². The molecule has 1 amide bonds. The van der Waals surface area contributed by atoms with Crippen LogP contribution in [-0.4, -0.2) is 65.4 Å². The average molecular weight is 630 g/mol. The number of halogens is 1. The summed E-state index contributed by atoms with van der Waals surface area (Å²) in [5.74, 6) is -0.161. The van der Waals surface area contributed by atoms with Gasteiger partial charge in [0.15, 0.2) is 0 Å². The first-order valence-electron chi connectivity index (χ1n) is 16.0. The maximum Gasteiger partial charge on any atom is 0.253 e. The second-order valence-electron chi connectivity index (χ2n) is 13.1. The van der Waals surface area contributed by atoms with E-state index < -0.39 is 20.7 Å². The zero-order valence-corrected chi connectivity index (χ0v) is 26.4. The Hall–Kier alpha value is -3.60. The first-order chi connectivity index (χ1) is 21.6. The Bertz CT molecular complexity index is 1820. The van der Waals surface area contributed by atoms with E-state index >= 15 is 0 Å². The van der Waals surface area contributed by atoms with E-state index in [1.54, 1.807) is 4.90 Å². The lowest BCUT2D eigenvalue weighted by Crippen LogP contribution is -2.49. The summed E-state index contributed by atoms with van der Waals surface area (Å²) in [6, 6.07) is 24.1. The summed E-state index contributed by atoms with van der Waals surface area (Å²) >= 11 is 0. The number of aromatic nitrogens is 2. The Morgan fingerprint density at radius 1 is 0.956 bits per heavy atom. The molecular formula is C35H40FN5O3S. The molecule has 1 unspecified atom stereocenters. The van der Waals surface area contributed by atoms with Gasteiger partial charge in [-0.2, -0.15) is 0 Å². The molecule has 4 heterocycles. The number of para-hydroxylation sites is 2. The molecule has 3 aromatic carbocycles. The monoisotopic (exact) mass is 629 g/mol. The molecular weight excluding hydrogens is 589 g/mol. The Labute approximate surface area is 264 Å². The summed E-state index contributed by atoms with van der Waals surface area (Å²) in [5.41, 5.74) is 3.67. The first-order valence-corrected chi connectivity index (χ1v) is 17.5. The van der Waals surface area contributed by atoms with Crippen molar-refractivity contribution in [2.75, 3.05) is 19.6 Å². The minimum Gasteiger partial charge on any atom is -0.339 e. The summed E-state index contributed by atoms with van der Waals surface area (Å²) < 4.78 is 40.3. The van der Waals surface area contributed by atoms with Gasteiger partial charge in [-0.1, -0.05) is 42.5 Å². The smallest absolute Gasteiger partial charge is 0.253 e. The van der Waals surface area contributed by atoms with Gasteiger partial charge in [-0.15, -0.1) is 0 Å². The summed E-state index contributed by atoms with van der Waals surface area (Å²) in [5, 5.41) is 5.18. The SMILES string of the molecule is Cc1nc2ccccc2n1C1C[C@H]2CC[C@@H](C1)N2CCC1(c2ccccc2)CCN(C(=O)c2ccc(F)c(S(N)(=O)=O)c2)CC1. The lowest BCUT2D eigenvalue weighted by atomic mass is 9.70. The third-order valence-corrected chi connectivity index (χ3v) is 11.6. The highest BCUT2D eigenvalue weighted by molar-refractivity contribution is 7.89. The van der Waals surface area contributed by atoms with Gasteiger partial charge in [-0.25, -0.2) is 22.9 Å². The number of fused-ring (bicyclic) bond motifs is 3. The molecule has 3 fully saturated rings. The summed E-state index contributed by atoms with van der Waals surface area (Å²) in [6.07, 6.45) is 7.34. The van der Waals surface area contributed by atoms with Crippen LogP contribution < -0.4 is 5.14 Å². The number of imidazole rings is 1. The van der Waals surface area contributed by atoms with E-state index in [0.717, 1.165) is 62.1 Å². The van der Waals surface area contributed by atoms with Crippen molar-refractivity contribution in [3.8, 4) is 0 Å². The van der Waals surface area contributed by atoms with Crippen molar-refractivity contribution in [2.45, 2.75) is 80.3 Å². The maximum atomic E-state index is 14.1. The highest BCUT2D eigenvalue weighted by atomic mass is 32.2. The molecule has 8 nitrogen and oxygen atoms in total.